The molecule has 0 amide bonds. The quantitative estimate of drug-likeness (QED) is 0.804. The summed E-state index contributed by atoms with van der Waals surface area (Å²) in [7, 11) is 0. The van der Waals surface area contributed by atoms with E-state index in [1.807, 2.05) is 0 Å². The molecule has 2 atom stereocenters. The van der Waals surface area contributed by atoms with E-state index in [0.29, 0.717) is 24.4 Å². The minimum absolute atomic E-state index is 0.168. The highest BCUT2D eigenvalue weighted by molar-refractivity contribution is 5.45. The van der Waals surface area contributed by atoms with Crippen molar-refractivity contribution in [2.45, 2.75) is 32.0 Å². The molecule has 0 aliphatic carbocycles. The Morgan fingerprint density at radius 1 is 1.55 bits per heavy atom. The number of halogens is 1. The minimum atomic E-state index is -0.624. The van der Waals surface area contributed by atoms with E-state index in [1.165, 1.54) is 6.07 Å². The van der Waals surface area contributed by atoms with Crippen LogP contribution in [0, 0.1) is 12.7 Å². The SMILES string of the molecule is Cc1ccc(NCC(O)COCC2CCCO2)cc1F. The van der Waals surface area contributed by atoms with Gasteiger partial charge in [0.05, 0.1) is 25.4 Å². The van der Waals surface area contributed by atoms with E-state index in [1.54, 1.807) is 19.1 Å². The summed E-state index contributed by atoms with van der Waals surface area (Å²) in [5, 5.41) is 12.8. The summed E-state index contributed by atoms with van der Waals surface area (Å²) in [5.74, 6) is -0.251. The molecule has 1 saturated heterocycles. The molecule has 1 aliphatic rings. The highest BCUT2D eigenvalue weighted by Crippen LogP contribution is 2.14. The van der Waals surface area contributed by atoms with Crippen LogP contribution in [0.15, 0.2) is 18.2 Å². The van der Waals surface area contributed by atoms with Crippen LogP contribution in [0.4, 0.5) is 10.1 Å². The predicted octanol–water partition coefficient (Wildman–Crippen LogP) is 2.10. The zero-order valence-corrected chi connectivity index (χ0v) is 11.8. The van der Waals surface area contributed by atoms with E-state index in [4.69, 9.17) is 9.47 Å². The maximum absolute atomic E-state index is 13.3. The molecular weight excluding hydrogens is 261 g/mol. The van der Waals surface area contributed by atoms with Gasteiger partial charge in [0.15, 0.2) is 0 Å². The van der Waals surface area contributed by atoms with Gasteiger partial charge in [0, 0.05) is 18.8 Å². The molecule has 1 heterocycles. The number of hydrogen-bond donors (Lipinski definition) is 2. The van der Waals surface area contributed by atoms with Gasteiger partial charge in [0.1, 0.15) is 5.82 Å². The number of benzene rings is 1. The van der Waals surface area contributed by atoms with Gasteiger partial charge in [0.2, 0.25) is 0 Å². The number of aliphatic hydroxyl groups is 1. The molecule has 112 valence electrons. The normalized spacial score (nSPS) is 20.1. The number of ether oxygens (including phenoxy) is 2. The standard InChI is InChI=1S/C15H22FNO3/c1-11-4-5-12(7-15(11)16)17-8-13(18)9-19-10-14-3-2-6-20-14/h4-5,7,13-14,17-18H,2-3,6,8-10H2,1H3. The lowest BCUT2D eigenvalue weighted by molar-refractivity contribution is -0.0137. The molecule has 1 fully saturated rings. The molecule has 0 bridgehead atoms. The van der Waals surface area contributed by atoms with E-state index in [9.17, 15) is 9.50 Å². The van der Waals surface area contributed by atoms with Gasteiger partial charge in [-0.2, -0.15) is 0 Å². The lowest BCUT2D eigenvalue weighted by atomic mass is 10.2. The summed E-state index contributed by atoms with van der Waals surface area (Å²) < 4.78 is 24.2. The first-order chi connectivity index (χ1) is 9.65. The summed E-state index contributed by atoms with van der Waals surface area (Å²) in [6, 6.07) is 4.92. The van der Waals surface area contributed by atoms with Crippen molar-refractivity contribution in [1.29, 1.82) is 0 Å². The first-order valence-corrected chi connectivity index (χ1v) is 7.02. The zero-order chi connectivity index (χ0) is 14.4. The molecule has 1 aliphatic heterocycles. The fourth-order valence-corrected chi connectivity index (χ4v) is 2.11. The molecule has 0 spiro atoms. The van der Waals surface area contributed by atoms with Gasteiger partial charge in [-0.1, -0.05) is 6.07 Å². The summed E-state index contributed by atoms with van der Waals surface area (Å²) in [6.07, 6.45) is 1.65. The van der Waals surface area contributed by atoms with Crippen LogP contribution in [0.3, 0.4) is 0 Å². The predicted molar refractivity (Wildman–Crippen MR) is 75.4 cm³/mol. The summed E-state index contributed by atoms with van der Waals surface area (Å²) >= 11 is 0. The van der Waals surface area contributed by atoms with E-state index < -0.39 is 6.10 Å². The van der Waals surface area contributed by atoms with Crippen LogP contribution >= 0.6 is 0 Å². The fourth-order valence-electron chi connectivity index (χ4n) is 2.11. The van der Waals surface area contributed by atoms with E-state index in [0.717, 1.165) is 19.4 Å². The van der Waals surface area contributed by atoms with Gasteiger partial charge >= 0.3 is 0 Å². The topological polar surface area (TPSA) is 50.7 Å². The van der Waals surface area contributed by atoms with Gasteiger partial charge in [-0.3, -0.25) is 0 Å². The second-order valence-corrected chi connectivity index (χ2v) is 5.17. The van der Waals surface area contributed by atoms with E-state index in [2.05, 4.69) is 5.32 Å². The highest BCUT2D eigenvalue weighted by Gasteiger charge is 2.16. The van der Waals surface area contributed by atoms with Crippen molar-refractivity contribution in [2.75, 3.05) is 31.7 Å². The lowest BCUT2D eigenvalue weighted by Gasteiger charge is -2.15. The number of aryl methyl sites for hydroxylation is 1. The van der Waals surface area contributed by atoms with Crippen molar-refractivity contribution >= 4 is 5.69 Å². The molecule has 1 aromatic rings. The van der Waals surface area contributed by atoms with Crippen LogP contribution < -0.4 is 5.32 Å². The monoisotopic (exact) mass is 283 g/mol. The number of anilines is 1. The van der Waals surface area contributed by atoms with Crippen LogP contribution in [0.2, 0.25) is 0 Å². The third-order valence-corrected chi connectivity index (χ3v) is 3.35. The lowest BCUT2D eigenvalue weighted by Crippen LogP contribution is -2.27. The summed E-state index contributed by atoms with van der Waals surface area (Å²) in [5.41, 5.74) is 1.27. The molecule has 0 saturated carbocycles. The smallest absolute Gasteiger partial charge is 0.128 e. The third-order valence-electron chi connectivity index (χ3n) is 3.35. The van der Waals surface area contributed by atoms with E-state index >= 15 is 0 Å². The van der Waals surface area contributed by atoms with Gasteiger partial charge in [-0.15, -0.1) is 0 Å². The summed E-state index contributed by atoms with van der Waals surface area (Å²) in [4.78, 5) is 0. The van der Waals surface area contributed by atoms with Gasteiger partial charge in [-0.05, 0) is 37.5 Å². The highest BCUT2D eigenvalue weighted by atomic mass is 19.1. The van der Waals surface area contributed by atoms with E-state index in [-0.39, 0.29) is 18.5 Å². The van der Waals surface area contributed by atoms with Crippen LogP contribution in [-0.2, 0) is 9.47 Å². The average Bonchev–Trinajstić information content (AvgIpc) is 2.93. The van der Waals surface area contributed by atoms with Gasteiger partial charge in [-0.25, -0.2) is 4.39 Å². The molecule has 5 heteroatoms. The second kappa shape index (κ2) is 7.57. The molecule has 4 nitrogen and oxygen atoms in total. The summed E-state index contributed by atoms with van der Waals surface area (Å²) in [6.45, 7) is 3.62. The minimum Gasteiger partial charge on any atom is -0.389 e. The Morgan fingerprint density at radius 2 is 2.40 bits per heavy atom. The van der Waals surface area contributed by atoms with Crippen molar-refractivity contribution < 1.29 is 19.0 Å². The Hall–Kier alpha value is -1.17. The van der Waals surface area contributed by atoms with Gasteiger partial charge in [0.25, 0.3) is 0 Å². The largest absolute Gasteiger partial charge is 0.389 e. The Kier molecular flexibility index (Phi) is 5.76. The number of rotatable bonds is 7. The van der Waals surface area contributed by atoms with Crippen molar-refractivity contribution in [2.24, 2.45) is 0 Å². The Bertz CT molecular complexity index is 422. The van der Waals surface area contributed by atoms with Crippen LogP contribution in [0.1, 0.15) is 18.4 Å². The number of nitrogens with one attached hydrogen (secondary N) is 1. The molecule has 2 rings (SSSR count). The molecule has 0 radical (unpaired) electrons. The molecule has 1 aromatic carbocycles. The molecule has 2 N–H and O–H groups in total. The molecule has 20 heavy (non-hydrogen) atoms. The molecule has 2 unspecified atom stereocenters. The van der Waals surface area contributed by atoms with Crippen molar-refractivity contribution in [1.82, 2.24) is 0 Å². The average molecular weight is 283 g/mol. The van der Waals surface area contributed by atoms with Crippen molar-refractivity contribution in [3.63, 3.8) is 0 Å². The Morgan fingerprint density at radius 3 is 3.10 bits per heavy atom. The maximum atomic E-state index is 13.3. The van der Waals surface area contributed by atoms with Gasteiger partial charge < -0.3 is 19.9 Å². The van der Waals surface area contributed by atoms with Crippen molar-refractivity contribution in [3.8, 4) is 0 Å². The van der Waals surface area contributed by atoms with Crippen LogP contribution in [0.5, 0.6) is 0 Å². The zero-order valence-electron chi connectivity index (χ0n) is 11.8. The van der Waals surface area contributed by atoms with Crippen LogP contribution in [-0.4, -0.2) is 43.7 Å². The molecular formula is C15H22FNO3. The third kappa shape index (κ3) is 4.74. The second-order valence-electron chi connectivity index (χ2n) is 5.17. The molecule has 0 aromatic heterocycles. The van der Waals surface area contributed by atoms with Crippen molar-refractivity contribution in [3.05, 3.63) is 29.6 Å². The first-order valence-electron chi connectivity index (χ1n) is 7.02. The first kappa shape index (κ1) is 15.2. The number of aliphatic hydroxyl groups excluding tert-OH is 1. The maximum Gasteiger partial charge on any atom is 0.128 e. The fraction of sp³-hybridized carbons (Fsp3) is 0.600. The number of hydrogen-bond acceptors (Lipinski definition) is 4. The van der Waals surface area contributed by atoms with Crippen LogP contribution in [0.25, 0.3) is 0 Å². The Labute approximate surface area is 118 Å². The Balaban J connectivity index is 1.63.